The van der Waals surface area contributed by atoms with Crippen molar-refractivity contribution in [1.29, 1.82) is 0 Å². The number of amides is 2. The van der Waals surface area contributed by atoms with E-state index in [1.54, 1.807) is 32.3 Å². The van der Waals surface area contributed by atoms with Crippen LogP contribution < -0.4 is 10.6 Å². The van der Waals surface area contributed by atoms with Crippen molar-refractivity contribution in [3.05, 3.63) is 58.9 Å². The van der Waals surface area contributed by atoms with Crippen molar-refractivity contribution >= 4 is 21.8 Å². The summed E-state index contributed by atoms with van der Waals surface area (Å²) >= 11 is 0. The number of carbonyl (C=O) groups is 2. The van der Waals surface area contributed by atoms with Crippen molar-refractivity contribution in [3.63, 3.8) is 0 Å². The molecule has 2 heterocycles. The molecule has 0 unspecified atom stereocenters. The molecule has 0 spiro atoms. The first kappa shape index (κ1) is 24.9. The average molecular weight is 473 g/mol. The lowest BCUT2D eigenvalue weighted by Gasteiger charge is -2.30. The number of nitrogens with one attached hydrogen (secondary N) is 2. The quantitative estimate of drug-likeness (QED) is 0.614. The zero-order chi connectivity index (χ0) is 24.0. The Labute approximate surface area is 195 Å². The molecule has 2 N–H and O–H groups in total. The van der Waals surface area contributed by atoms with Crippen LogP contribution in [0.1, 0.15) is 53.2 Å². The molecule has 1 aromatic carbocycles. The first-order valence-corrected chi connectivity index (χ1v) is 12.7. The Hall–Kier alpha value is -2.78. The summed E-state index contributed by atoms with van der Waals surface area (Å²) < 4.78 is 28.1. The molecule has 1 aromatic heterocycles. The van der Waals surface area contributed by atoms with E-state index in [4.69, 9.17) is 0 Å². The third-order valence-corrected chi connectivity index (χ3v) is 8.14. The van der Waals surface area contributed by atoms with Gasteiger partial charge >= 0.3 is 0 Å². The third kappa shape index (κ3) is 6.39. The molecular weight excluding hydrogens is 440 g/mol. The first-order chi connectivity index (χ1) is 15.7. The molecule has 2 amide bonds. The van der Waals surface area contributed by atoms with Gasteiger partial charge in [0, 0.05) is 50.6 Å². The van der Waals surface area contributed by atoms with Gasteiger partial charge < -0.3 is 10.6 Å². The highest BCUT2D eigenvalue weighted by Crippen LogP contribution is 2.28. The number of hydrogen-bond acceptors (Lipinski definition) is 5. The second-order valence-electron chi connectivity index (χ2n) is 8.64. The number of hydrogen-bond donors (Lipinski definition) is 2. The number of piperidine rings is 1. The summed E-state index contributed by atoms with van der Waals surface area (Å²) in [4.78, 5) is 28.9. The molecule has 3 rings (SSSR count). The molecule has 8 nitrogen and oxygen atoms in total. The second-order valence-corrected chi connectivity index (χ2v) is 10.5. The molecule has 0 saturated carbocycles. The fourth-order valence-corrected chi connectivity index (χ4v) is 5.57. The van der Waals surface area contributed by atoms with Gasteiger partial charge in [-0.2, -0.15) is 4.31 Å². The average Bonchev–Trinajstić information content (AvgIpc) is 2.80. The van der Waals surface area contributed by atoms with Gasteiger partial charge in [0.2, 0.25) is 15.9 Å². The molecule has 0 aliphatic carbocycles. The zero-order valence-corrected chi connectivity index (χ0v) is 20.2. The van der Waals surface area contributed by atoms with Gasteiger partial charge in [-0.15, -0.1) is 0 Å². The van der Waals surface area contributed by atoms with E-state index in [0.717, 1.165) is 24.0 Å². The lowest BCUT2D eigenvalue weighted by atomic mass is 10.0. The number of rotatable bonds is 8. The predicted molar refractivity (Wildman–Crippen MR) is 126 cm³/mol. The van der Waals surface area contributed by atoms with Crippen LogP contribution in [0.5, 0.6) is 0 Å². The number of carbonyl (C=O) groups excluding carboxylic acids is 2. The number of aryl methyl sites for hydroxylation is 1. The van der Waals surface area contributed by atoms with Crippen molar-refractivity contribution in [2.45, 2.75) is 51.5 Å². The van der Waals surface area contributed by atoms with Crippen LogP contribution in [0, 0.1) is 19.8 Å². The normalized spacial score (nSPS) is 15.2. The molecule has 1 aliphatic heterocycles. The van der Waals surface area contributed by atoms with Crippen molar-refractivity contribution < 1.29 is 18.0 Å². The van der Waals surface area contributed by atoms with Crippen LogP contribution in [0.15, 0.2) is 41.6 Å². The van der Waals surface area contributed by atoms with Crippen LogP contribution >= 0.6 is 0 Å². The molecule has 1 saturated heterocycles. The van der Waals surface area contributed by atoms with Crippen LogP contribution in [0.25, 0.3) is 0 Å². The highest BCUT2D eigenvalue weighted by Gasteiger charge is 2.30. The topological polar surface area (TPSA) is 108 Å². The standard InChI is InChI=1S/C24H32N4O4S/c1-17-7-12-28(13-8-17)33(31,32)22-15-21(14-18(2)19(22)3)24(30)26-11-6-23(29)27-16-20-4-9-25-10-5-20/h4-5,9-10,14-15,17H,6-8,11-13,16H2,1-3H3,(H,26,30)(H,27,29). The molecular formula is C24H32N4O4S. The summed E-state index contributed by atoms with van der Waals surface area (Å²) in [5, 5.41) is 5.52. The maximum Gasteiger partial charge on any atom is 0.251 e. The fourth-order valence-electron chi connectivity index (χ4n) is 3.77. The van der Waals surface area contributed by atoms with Crippen LogP contribution in [0.4, 0.5) is 0 Å². The number of pyridine rings is 1. The van der Waals surface area contributed by atoms with Crippen LogP contribution in [-0.2, 0) is 21.4 Å². The van der Waals surface area contributed by atoms with E-state index in [9.17, 15) is 18.0 Å². The summed E-state index contributed by atoms with van der Waals surface area (Å²) in [5.74, 6) is -0.0724. The molecule has 0 bridgehead atoms. The molecule has 1 aliphatic rings. The van der Waals surface area contributed by atoms with E-state index in [1.165, 1.54) is 10.4 Å². The lowest BCUT2D eigenvalue weighted by Crippen LogP contribution is -2.38. The number of nitrogens with zero attached hydrogens (tertiary/aromatic N) is 2. The molecule has 0 atom stereocenters. The Morgan fingerprint density at radius 1 is 1.09 bits per heavy atom. The first-order valence-electron chi connectivity index (χ1n) is 11.2. The molecule has 178 valence electrons. The van der Waals surface area contributed by atoms with Gasteiger partial charge in [0.15, 0.2) is 0 Å². The van der Waals surface area contributed by atoms with Crippen molar-refractivity contribution in [2.75, 3.05) is 19.6 Å². The molecule has 2 aromatic rings. The Morgan fingerprint density at radius 2 is 1.76 bits per heavy atom. The maximum absolute atomic E-state index is 13.3. The van der Waals surface area contributed by atoms with Gasteiger partial charge in [-0.25, -0.2) is 8.42 Å². The number of aromatic nitrogens is 1. The highest BCUT2D eigenvalue weighted by molar-refractivity contribution is 7.89. The van der Waals surface area contributed by atoms with Crippen molar-refractivity contribution in [1.82, 2.24) is 19.9 Å². The van der Waals surface area contributed by atoms with E-state index in [-0.39, 0.29) is 29.3 Å². The Kier molecular flexibility index (Phi) is 8.20. The number of sulfonamides is 1. The Bertz CT molecular complexity index is 1090. The summed E-state index contributed by atoms with van der Waals surface area (Å²) in [6.07, 6.45) is 5.11. The largest absolute Gasteiger partial charge is 0.352 e. The molecule has 0 radical (unpaired) electrons. The van der Waals surface area contributed by atoms with Gasteiger partial charge in [0.1, 0.15) is 0 Å². The summed E-state index contributed by atoms with van der Waals surface area (Å²) in [6, 6.07) is 6.77. The summed E-state index contributed by atoms with van der Waals surface area (Å²) in [5.41, 5.74) is 2.61. The minimum absolute atomic E-state index is 0.124. The van der Waals surface area contributed by atoms with Gasteiger partial charge in [-0.05, 0) is 73.6 Å². The summed E-state index contributed by atoms with van der Waals surface area (Å²) in [6.45, 7) is 7.23. The SMILES string of the molecule is Cc1cc(C(=O)NCCC(=O)NCc2ccncc2)cc(S(=O)(=O)N2CCC(C)CC2)c1C. The zero-order valence-electron chi connectivity index (χ0n) is 19.4. The van der Waals surface area contributed by atoms with Crippen molar-refractivity contribution in [2.24, 2.45) is 5.92 Å². The monoisotopic (exact) mass is 472 g/mol. The Morgan fingerprint density at radius 3 is 2.42 bits per heavy atom. The molecule has 33 heavy (non-hydrogen) atoms. The van der Waals surface area contributed by atoms with E-state index in [2.05, 4.69) is 22.5 Å². The smallest absolute Gasteiger partial charge is 0.251 e. The minimum atomic E-state index is -3.68. The minimum Gasteiger partial charge on any atom is -0.352 e. The van der Waals surface area contributed by atoms with E-state index in [0.29, 0.717) is 31.1 Å². The van der Waals surface area contributed by atoms with E-state index < -0.39 is 15.9 Å². The number of benzene rings is 1. The van der Waals surface area contributed by atoms with Crippen LogP contribution in [0.3, 0.4) is 0 Å². The Balaban J connectivity index is 1.61. The van der Waals surface area contributed by atoms with Gasteiger partial charge in [0.25, 0.3) is 5.91 Å². The van der Waals surface area contributed by atoms with Crippen LogP contribution in [0.2, 0.25) is 0 Å². The van der Waals surface area contributed by atoms with Crippen molar-refractivity contribution in [3.8, 4) is 0 Å². The van der Waals surface area contributed by atoms with Gasteiger partial charge in [-0.1, -0.05) is 6.92 Å². The summed E-state index contributed by atoms with van der Waals surface area (Å²) in [7, 11) is -3.68. The van der Waals surface area contributed by atoms with Gasteiger partial charge in [0.05, 0.1) is 4.90 Å². The van der Waals surface area contributed by atoms with Crippen LogP contribution in [-0.4, -0.2) is 49.2 Å². The second kappa shape index (κ2) is 10.9. The fraction of sp³-hybridized carbons (Fsp3) is 0.458. The van der Waals surface area contributed by atoms with E-state index in [1.807, 2.05) is 12.1 Å². The lowest BCUT2D eigenvalue weighted by molar-refractivity contribution is -0.121. The highest BCUT2D eigenvalue weighted by atomic mass is 32.2. The van der Waals surface area contributed by atoms with E-state index >= 15 is 0 Å². The van der Waals surface area contributed by atoms with Gasteiger partial charge in [-0.3, -0.25) is 14.6 Å². The third-order valence-electron chi connectivity index (χ3n) is 6.12. The predicted octanol–water partition coefficient (Wildman–Crippen LogP) is 2.56. The molecule has 1 fully saturated rings. The molecule has 9 heteroatoms. The maximum atomic E-state index is 13.3.